The maximum Gasteiger partial charge on any atom is 0.252 e. The molecule has 0 saturated heterocycles. The van der Waals surface area contributed by atoms with Gasteiger partial charge >= 0.3 is 0 Å². The molecule has 1 saturated carbocycles. The van der Waals surface area contributed by atoms with Crippen molar-refractivity contribution in [3.8, 4) is 0 Å². The number of hydrogen-bond donors (Lipinski definition) is 0. The topological polar surface area (TPSA) is 37.4 Å². The van der Waals surface area contributed by atoms with Crippen LogP contribution in [0.3, 0.4) is 0 Å². The fourth-order valence-corrected chi connectivity index (χ4v) is 6.68. The molecule has 2 unspecified atom stereocenters. The van der Waals surface area contributed by atoms with Gasteiger partial charge < -0.3 is 0 Å². The molecule has 2 rings (SSSR count). The first kappa shape index (κ1) is 15.8. The fraction of sp³-hybridized carbons (Fsp3) is 0.667. The molecule has 1 heterocycles. The average molecular weight is 387 g/mol. The van der Waals surface area contributed by atoms with E-state index in [0.717, 1.165) is 19.3 Å². The Balaban J connectivity index is 2.28. The van der Waals surface area contributed by atoms with Crippen molar-refractivity contribution in [2.45, 2.75) is 42.9 Å². The molecule has 1 aromatic rings. The number of thiophene rings is 1. The Morgan fingerprint density at radius 1 is 1.42 bits per heavy atom. The second-order valence-corrected chi connectivity index (χ2v) is 10.0. The molecule has 1 aliphatic rings. The summed E-state index contributed by atoms with van der Waals surface area (Å²) in [7, 11) is -1.75. The van der Waals surface area contributed by atoms with Gasteiger partial charge in [0.15, 0.2) is 0 Å². The van der Waals surface area contributed by atoms with E-state index >= 15 is 0 Å². The molecule has 0 N–H and O–H groups in total. The van der Waals surface area contributed by atoms with E-state index < -0.39 is 10.0 Å². The van der Waals surface area contributed by atoms with Crippen molar-refractivity contribution in [1.29, 1.82) is 0 Å². The van der Waals surface area contributed by atoms with Crippen LogP contribution in [0, 0.1) is 5.92 Å². The molecular formula is C12H17BrClNO2S2. The minimum absolute atomic E-state index is 0.0957. The van der Waals surface area contributed by atoms with Crippen molar-refractivity contribution >= 4 is 48.9 Å². The van der Waals surface area contributed by atoms with Crippen molar-refractivity contribution in [3.63, 3.8) is 0 Å². The highest BCUT2D eigenvalue weighted by Crippen LogP contribution is 2.37. The molecule has 1 fully saturated rings. The van der Waals surface area contributed by atoms with Gasteiger partial charge in [-0.25, -0.2) is 8.42 Å². The normalized spacial score (nSPS) is 24.9. The van der Waals surface area contributed by atoms with Crippen LogP contribution >= 0.6 is 38.9 Å². The van der Waals surface area contributed by atoms with Gasteiger partial charge in [-0.3, -0.25) is 0 Å². The van der Waals surface area contributed by atoms with Gasteiger partial charge in [0.1, 0.15) is 4.21 Å². The molecule has 2 atom stereocenters. The van der Waals surface area contributed by atoms with Gasteiger partial charge in [0.05, 0.1) is 8.81 Å². The summed E-state index contributed by atoms with van der Waals surface area (Å²) >= 11 is 10.4. The van der Waals surface area contributed by atoms with Gasteiger partial charge in [-0.1, -0.05) is 31.4 Å². The molecule has 0 amide bonds. The first-order chi connectivity index (χ1) is 8.84. The van der Waals surface area contributed by atoms with Crippen molar-refractivity contribution in [3.05, 3.63) is 14.9 Å². The maximum atomic E-state index is 12.6. The van der Waals surface area contributed by atoms with Crippen LogP contribution in [0.15, 0.2) is 14.1 Å². The molecule has 0 spiro atoms. The molecule has 7 heteroatoms. The molecule has 108 valence electrons. The standard InChI is InChI=1S/C12H17BrClNO2S2/c1-8-5-3-4-6-10(8)15(2)19(16,17)11-7-9(14)12(13)18-11/h7-8,10H,3-6H2,1-2H3. The molecule has 0 bridgehead atoms. The molecule has 0 aromatic carbocycles. The summed E-state index contributed by atoms with van der Waals surface area (Å²) in [6, 6.07) is 1.62. The van der Waals surface area contributed by atoms with Gasteiger partial charge in [-0.05, 0) is 40.8 Å². The Kier molecular flexibility index (Phi) is 4.99. The first-order valence-electron chi connectivity index (χ1n) is 6.27. The number of rotatable bonds is 3. The monoisotopic (exact) mass is 385 g/mol. The van der Waals surface area contributed by atoms with Crippen molar-refractivity contribution in [1.82, 2.24) is 4.31 Å². The molecule has 1 aromatic heterocycles. The quantitative estimate of drug-likeness (QED) is 0.774. The van der Waals surface area contributed by atoms with Crippen LogP contribution in [0.25, 0.3) is 0 Å². The molecular weight excluding hydrogens is 370 g/mol. The zero-order chi connectivity index (χ0) is 14.2. The Hall–Kier alpha value is 0.380. The van der Waals surface area contributed by atoms with Crippen molar-refractivity contribution in [2.75, 3.05) is 7.05 Å². The lowest BCUT2D eigenvalue weighted by molar-refractivity contribution is 0.213. The Morgan fingerprint density at radius 2 is 2.05 bits per heavy atom. The van der Waals surface area contributed by atoms with E-state index in [1.54, 1.807) is 7.05 Å². The zero-order valence-corrected chi connectivity index (χ0v) is 14.9. The minimum atomic E-state index is -3.44. The minimum Gasteiger partial charge on any atom is -0.206 e. The van der Waals surface area contributed by atoms with E-state index in [1.165, 1.54) is 28.1 Å². The molecule has 1 aliphatic carbocycles. The molecule has 0 aliphatic heterocycles. The van der Waals surface area contributed by atoms with Crippen LogP contribution < -0.4 is 0 Å². The maximum absolute atomic E-state index is 12.6. The van der Waals surface area contributed by atoms with Gasteiger partial charge in [0.2, 0.25) is 0 Å². The smallest absolute Gasteiger partial charge is 0.206 e. The number of hydrogen-bond acceptors (Lipinski definition) is 3. The van der Waals surface area contributed by atoms with E-state index in [2.05, 4.69) is 22.9 Å². The number of halogens is 2. The lowest BCUT2D eigenvalue weighted by Gasteiger charge is -2.35. The van der Waals surface area contributed by atoms with E-state index in [-0.39, 0.29) is 6.04 Å². The third-order valence-electron chi connectivity index (χ3n) is 3.79. The van der Waals surface area contributed by atoms with Crippen molar-refractivity contribution in [2.24, 2.45) is 5.92 Å². The number of sulfonamides is 1. The van der Waals surface area contributed by atoms with E-state index in [1.807, 2.05) is 0 Å². The predicted octanol–water partition coefficient (Wildman–Crippen LogP) is 4.36. The third kappa shape index (κ3) is 3.18. The summed E-state index contributed by atoms with van der Waals surface area (Å²) in [6.45, 7) is 2.13. The molecule has 19 heavy (non-hydrogen) atoms. The Bertz CT molecular complexity index is 539. The van der Waals surface area contributed by atoms with Crippen LogP contribution in [-0.4, -0.2) is 25.8 Å². The highest BCUT2D eigenvalue weighted by Gasteiger charge is 2.34. The van der Waals surface area contributed by atoms with E-state index in [9.17, 15) is 8.42 Å². The number of nitrogens with zero attached hydrogens (tertiary/aromatic N) is 1. The zero-order valence-electron chi connectivity index (χ0n) is 10.9. The van der Waals surface area contributed by atoms with Crippen LogP contribution in [0.1, 0.15) is 32.6 Å². The second-order valence-electron chi connectivity index (χ2n) is 5.04. The summed E-state index contributed by atoms with van der Waals surface area (Å²) in [5, 5.41) is 0.452. The second kappa shape index (κ2) is 6.02. The lowest BCUT2D eigenvalue weighted by atomic mass is 9.86. The van der Waals surface area contributed by atoms with Gasteiger partial charge in [0.25, 0.3) is 10.0 Å². The van der Waals surface area contributed by atoms with E-state index in [0.29, 0.717) is 18.9 Å². The third-order valence-corrected chi connectivity index (χ3v) is 8.60. The summed E-state index contributed by atoms with van der Waals surface area (Å²) in [4.78, 5) is 0. The average Bonchev–Trinajstić information content (AvgIpc) is 2.70. The Labute approximate surface area is 132 Å². The largest absolute Gasteiger partial charge is 0.252 e. The Morgan fingerprint density at radius 3 is 2.58 bits per heavy atom. The molecule has 3 nitrogen and oxygen atoms in total. The van der Waals surface area contributed by atoms with Crippen LogP contribution in [0.2, 0.25) is 5.02 Å². The lowest BCUT2D eigenvalue weighted by Crippen LogP contribution is -2.42. The first-order valence-corrected chi connectivity index (χ1v) is 9.69. The van der Waals surface area contributed by atoms with E-state index in [4.69, 9.17) is 11.6 Å². The summed E-state index contributed by atoms with van der Waals surface area (Å²) in [5.74, 6) is 0.410. The highest BCUT2D eigenvalue weighted by atomic mass is 79.9. The molecule has 0 radical (unpaired) electrons. The summed E-state index contributed by atoms with van der Waals surface area (Å²) < 4.78 is 27.7. The van der Waals surface area contributed by atoms with Crippen LogP contribution in [0.5, 0.6) is 0 Å². The fourth-order valence-electron chi connectivity index (χ4n) is 2.61. The SMILES string of the molecule is CC1CCCCC1N(C)S(=O)(=O)c1cc(Cl)c(Br)s1. The van der Waals surface area contributed by atoms with Gasteiger partial charge in [-0.15, -0.1) is 11.3 Å². The highest BCUT2D eigenvalue weighted by molar-refractivity contribution is 9.11. The summed E-state index contributed by atoms with van der Waals surface area (Å²) in [5.41, 5.74) is 0. The van der Waals surface area contributed by atoms with Gasteiger partial charge in [-0.2, -0.15) is 4.31 Å². The summed E-state index contributed by atoms with van der Waals surface area (Å²) in [6.07, 6.45) is 4.34. The predicted molar refractivity (Wildman–Crippen MR) is 83.4 cm³/mol. The van der Waals surface area contributed by atoms with Crippen molar-refractivity contribution < 1.29 is 8.42 Å². The van der Waals surface area contributed by atoms with Gasteiger partial charge in [0, 0.05) is 13.1 Å². The van der Waals surface area contributed by atoms with Crippen LogP contribution in [-0.2, 0) is 10.0 Å². The van der Waals surface area contributed by atoms with Crippen LogP contribution in [0.4, 0.5) is 0 Å².